The highest BCUT2D eigenvalue weighted by Crippen LogP contribution is 2.30. The van der Waals surface area contributed by atoms with Crippen LogP contribution in [0.5, 0.6) is 5.75 Å². The van der Waals surface area contributed by atoms with Crippen LogP contribution in [-0.2, 0) is 6.42 Å². The summed E-state index contributed by atoms with van der Waals surface area (Å²) in [6.07, 6.45) is 2.02. The first kappa shape index (κ1) is 19.3. The molecule has 0 amide bonds. The standard InChI is InChI=1S/C21H19NO6/c1-3-4-7-16-19(15-8-5-6-9-18(15)27-21(16)24)28-20(23)14-10-11-17(22(25)26)13(2)12-14/h5-6,8-12H,3-4,7H2,1-2H3. The van der Waals surface area contributed by atoms with Crippen molar-refractivity contribution < 1.29 is 18.9 Å². The number of nitro benzene ring substituents is 1. The number of hydrogen-bond donors (Lipinski definition) is 0. The second-order valence-corrected chi connectivity index (χ2v) is 6.44. The maximum absolute atomic E-state index is 12.7. The molecular weight excluding hydrogens is 362 g/mol. The Balaban J connectivity index is 2.05. The number of aryl methyl sites for hydroxylation is 1. The fourth-order valence-corrected chi connectivity index (χ4v) is 2.98. The minimum Gasteiger partial charge on any atom is -0.422 e. The van der Waals surface area contributed by atoms with E-state index < -0.39 is 16.5 Å². The van der Waals surface area contributed by atoms with Crippen LogP contribution in [0, 0.1) is 17.0 Å². The summed E-state index contributed by atoms with van der Waals surface area (Å²) in [6, 6.07) is 10.8. The molecule has 0 saturated carbocycles. The number of carbonyl (C=O) groups is 1. The zero-order valence-electron chi connectivity index (χ0n) is 15.6. The van der Waals surface area contributed by atoms with Crippen LogP contribution >= 0.6 is 0 Å². The quantitative estimate of drug-likeness (QED) is 0.268. The van der Waals surface area contributed by atoms with Gasteiger partial charge in [0.05, 0.1) is 21.4 Å². The average Bonchev–Trinajstić information content (AvgIpc) is 2.67. The van der Waals surface area contributed by atoms with Gasteiger partial charge in [-0.15, -0.1) is 0 Å². The summed E-state index contributed by atoms with van der Waals surface area (Å²) < 4.78 is 11.0. The largest absolute Gasteiger partial charge is 0.422 e. The van der Waals surface area contributed by atoms with Gasteiger partial charge < -0.3 is 9.15 Å². The SMILES string of the molecule is CCCCc1c(OC(=O)c2ccc([N+](=O)[O-])c(C)c2)c2ccccc2oc1=O. The summed E-state index contributed by atoms with van der Waals surface area (Å²) in [5.41, 5.74) is 0.550. The molecule has 0 spiro atoms. The Labute approximate surface area is 160 Å². The molecule has 0 aliphatic rings. The van der Waals surface area contributed by atoms with Crippen molar-refractivity contribution in [3.63, 3.8) is 0 Å². The number of ether oxygens (including phenoxy) is 1. The molecule has 0 aliphatic heterocycles. The van der Waals surface area contributed by atoms with Gasteiger partial charge in [0, 0.05) is 11.6 Å². The molecule has 0 N–H and O–H groups in total. The van der Waals surface area contributed by atoms with E-state index in [2.05, 4.69) is 0 Å². The maximum atomic E-state index is 12.7. The minimum absolute atomic E-state index is 0.0778. The van der Waals surface area contributed by atoms with E-state index in [0.717, 1.165) is 12.8 Å². The number of para-hydroxylation sites is 1. The van der Waals surface area contributed by atoms with E-state index in [1.54, 1.807) is 31.2 Å². The van der Waals surface area contributed by atoms with Crippen molar-refractivity contribution in [2.75, 3.05) is 0 Å². The number of carbonyl (C=O) groups excluding carboxylic acids is 1. The molecule has 144 valence electrons. The molecule has 3 aromatic rings. The molecule has 0 fully saturated rings. The van der Waals surface area contributed by atoms with Crippen LogP contribution in [0.1, 0.15) is 41.3 Å². The first-order valence-corrected chi connectivity index (χ1v) is 8.94. The Kier molecular flexibility index (Phi) is 5.54. The van der Waals surface area contributed by atoms with Gasteiger partial charge in [0.15, 0.2) is 5.75 Å². The first-order chi connectivity index (χ1) is 13.4. The number of rotatable bonds is 6. The molecule has 7 nitrogen and oxygen atoms in total. The van der Waals surface area contributed by atoms with Crippen molar-refractivity contribution in [3.8, 4) is 5.75 Å². The Morgan fingerprint density at radius 3 is 2.64 bits per heavy atom. The zero-order valence-corrected chi connectivity index (χ0v) is 15.6. The lowest BCUT2D eigenvalue weighted by atomic mass is 10.1. The monoisotopic (exact) mass is 381 g/mol. The highest BCUT2D eigenvalue weighted by molar-refractivity contribution is 5.95. The fourth-order valence-electron chi connectivity index (χ4n) is 2.98. The molecule has 1 aromatic heterocycles. The van der Waals surface area contributed by atoms with E-state index >= 15 is 0 Å². The summed E-state index contributed by atoms with van der Waals surface area (Å²) in [7, 11) is 0. The predicted octanol–water partition coefficient (Wildman–Crippen LogP) is 4.57. The third-order valence-corrected chi connectivity index (χ3v) is 4.46. The Morgan fingerprint density at radius 2 is 1.96 bits per heavy atom. The molecule has 0 saturated heterocycles. The van der Waals surface area contributed by atoms with Gasteiger partial charge in [-0.3, -0.25) is 10.1 Å². The van der Waals surface area contributed by atoms with Crippen molar-refractivity contribution in [2.24, 2.45) is 0 Å². The van der Waals surface area contributed by atoms with E-state index in [4.69, 9.17) is 9.15 Å². The lowest BCUT2D eigenvalue weighted by molar-refractivity contribution is -0.385. The highest BCUT2D eigenvalue weighted by Gasteiger charge is 2.21. The van der Waals surface area contributed by atoms with E-state index in [9.17, 15) is 19.7 Å². The number of nitrogens with zero attached hydrogens (tertiary/aromatic N) is 1. The Bertz CT molecular complexity index is 1120. The van der Waals surface area contributed by atoms with E-state index in [0.29, 0.717) is 28.5 Å². The summed E-state index contributed by atoms with van der Waals surface area (Å²) >= 11 is 0. The predicted molar refractivity (Wildman–Crippen MR) is 104 cm³/mol. The summed E-state index contributed by atoms with van der Waals surface area (Å²) in [6.45, 7) is 3.54. The molecule has 1 heterocycles. The van der Waals surface area contributed by atoms with Crippen molar-refractivity contribution >= 4 is 22.6 Å². The molecular formula is C21H19NO6. The molecule has 0 radical (unpaired) electrons. The van der Waals surface area contributed by atoms with Crippen LogP contribution in [-0.4, -0.2) is 10.9 Å². The van der Waals surface area contributed by atoms with E-state index in [1.807, 2.05) is 6.92 Å². The van der Waals surface area contributed by atoms with E-state index in [1.165, 1.54) is 18.2 Å². The van der Waals surface area contributed by atoms with Gasteiger partial charge in [-0.05, 0) is 44.0 Å². The van der Waals surface area contributed by atoms with Crippen molar-refractivity contribution in [1.82, 2.24) is 0 Å². The number of fused-ring (bicyclic) bond motifs is 1. The van der Waals surface area contributed by atoms with E-state index in [-0.39, 0.29) is 17.0 Å². The van der Waals surface area contributed by atoms with Crippen molar-refractivity contribution in [3.05, 3.63) is 79.7 Å². The number of unbranched alkanes of at least 4 members (excludes halogenated alkanes) is 1. The second-order valence-electron chi connectivity index (χ2n) is 6.44. The molecule has 28 heavy (non-hydrogen) atoms. The lowest BCUT2D eigenvalue weighted by Crippen LogP contribution is -2.16. The summed E-state index contributed by atoms with van der Waals surface area (Å²) in [4.78, 5) is 35.6. The number of hydrogen-bond acceptors (Lipinski definition) is 6. The normalized spacial score (nSPS) is 10.8. The molecule has 0 unspecified atom stereocenters. The van der Waals surface area contributed by atoms with Crippen LogP contribution in [0.2, 0.25) is 0 Å². The Morgan fingerprint density at radius 1 is 1.21 bits per heavy atom. The first-order valence-electron chi connectivity index (χ1n) is 8.94. The van der Waals surface area contributed by atoms with Crippen LogP contribution < -0.4 is 10.4 Å². The molecule has 7 heteroatoms. The minimum atomic E-state index is -0.688. The molecule has 0 bridgehead atoms. The van der Waals surface area contributed by atoms with Crippen molar-refractivity contribution in [1.29, 1.82) is 0 Å². The topological polar surface area (TPSA) is 99.7 Å². The summed E-state index contributed by atoms with van der Waals surface area (Å²) in [5.74, 6) is -0.507. The van der Waals surface area contributed by atoms with Gasteiger partial charge in [-0.1, -0.05) is 25.5 Å². The van der Waals surface area contributed by atoms with Gasteiger partial charge in [0.2, 0.25) is 0 Å². The van der Waals surface area contributed by atoms with Crippen LogP contribution in [0.4, 0.5) is 5.69 Å². The van der Waals surface area contributed by atoms with Crippen LogP contribution in [0.15, 0.2) is 51.7 Å². The van der Waals surface area contributed by atoms with Crippen molar-refractivity contribution in [2.45, 2.75) is 33.1 Å². The zero-order chi connectivity index (χ0) is 20.3. The molecule has 3 rings (SSSR count). The van der Waals surface area contributed by atoms with Gasteiger partial charge in [-0.25, -0.2) is 9.59 Å². The van der Waals surface area contributed by atoms with Crippen LogP contribution in [0.3, 0.4) is 0 Å². The third kappa shape index (κ3) is 3.78. The van der Waals surface area contributed by atoms with Gasteiger partial charge in [0.25, 0.3) is 5.69 Å². The molecule has 2 aromatic carbocycles. The molecule has 0 aliphatic carbocycles. The lowest BCUT2D eigenvalue weighted by Gasteiger charge is -2.12. The van der Waals surface area contributed by atoms with Crippen LogP contribution in [0.25, 0.3) is 11.0 Å². The number of benzene rings is 2. The fraction of sp³-hybridized carbons (Fsp3) is 0.238. The molecule has 0 atom stereocenters. The maximum Gasteiger partial charge on any atom is 0.343 e. The van der Waals surface area contributed by atoms with Gasteiger partial charge in [-0.2, -0.15) is 0 Å². The number of esters is 1. The smallest absolute Gasteiger partial charge is 0.343 e. The average molecular weight is 381 g/mol. The van der Waals surface area contributed by atoms with Gasteiger partial charge >= 0.3 is 11.6 Å². The summed E-state index contributed by atoms with van der Waals surface area (Å²) in [5, 5.41) is 11.5. The highest BCUT2D eigenvalue weighted by atomic mass is 16.6. The third-order valence-electron chi connectivity index (χ3n) is 4.46. The second kappa shape index (κ2) is 8.04. The Hall–Kier alpha value is -3.48. The van der Waals surface area contributed by atoms with Gasteiger partial charge in [0.1, 0.15) is 5.58 Å². The number of nitro groups is 1.